The molecule has 0 amide bonds. The van der Waals surface area contributed by atoms with Crippen molar-refractivity contribution in [3.8, 4) is 0 Å². The van der Waals surface area contributed by atoms with E-state index in [2.05, 4.69) is 31.2 Å². The van der Waals surface area contributed by atoms with Crippen LogP contribution in [0.15, 0.2) is 48.5 Å². The Morgan fingerprint density at radius 1 is 1.13 bits per heavy atom. The van der Waals surface area contributed by atoms with Crippen molar-refractivity contribution < 1.29 is 14.3 Å². The molecule has 2 aromatic carbocycles. The van der Waals surface area contributed by atoms with E-state index < -0.39 is 0 Å². The average Bonchev–Trinajstić information content (AvgIpc) is 2.54. The summed E-state index contributed by atoms with van der Waals surface area (Å²) in [7, 11) is 1.49. The Labute approximate surface area is 136 Å². The molecule has 0 N–H and O–H groups in total. The number of esters is 1. The van der Waals surface area contributed by atoms with Crippen LogP contribution in [0.3, 0.4) is 0 Å². The maximum Gasteiger partial charge on any atom is 0.332 e. The van der Waals surface area contributed by atoms with Gasteiger partial charge >= 0.3 is 5.97 Å². The topological polar surface area (TPSA) is 35.5 Å². The standard InChI is InChI=1S/C20H20O3/c1-14-11-15-7-4-6-10-18(15)19(23-20(21)13-22-2)12-16-8-3-5-9-17(14)16/h3-11,19H,12-13H2,1-2H3. The lowest BCUT2D eigenvalue weighted by Crippen LogP contribution is -2.19. The minimum Gasteiger partial charge on any atom is -0.455 e. The second kappa shape index (κ2) is 6.80. The van der Waals surface area contributed by atoms with E-state index in [0.29, 0.717) is 6.42 Å². The van der Waals surface area contributed by atoms with Crippen LogP contribution >= 0.6 is 0 Å². The maximum atomic E-state index is 11.9. The smallest absolute Gasteiger partial charge is 0.332 e. The summed E-state index contributed by atoms with van der Waals surface area (Å²) in [4.78, 5) is 11.9. The number of rotatable bonds is 3. The largest absolute Gasteiger partial charge is 0.455 e. The van der Waals surface area contributed by atoms with Gasteiger partial charge in [-0.25, -0.2) is 4.79 Å². The van der Waals surface area contributed by atoms with Crippen LogP contribution < -0.4 is 0 Å². The highest BCUT2D eigenvalue weighted by atomic mass is 16.6. The summed E-state index contributed by atoms with van der Waals surface area (Å²) < 4.78 is 10.6. The van der Waals surface area contributed by atoms with Gasteiger partial charge in [0.15, 0.2) is 0 Å². The lowest BCUT2D eigenvalue weighted by Gasteiger charge is -2.24. The molecule has 3 heteroatoms. The normalized spacial score (nSPS) is 16.4. The van der Waals surface area contributed by atoms with Crippen molar-refractivity contribution in [3.05, 3.63) is 70.8 Å². The zero-order chi connectivity index (χ0) is 16.2. The highest BCUT2D eigenvalue weighted by Crippen LogP contribution is 2.34. The van der Waals surface area contributed by atoms with Crippen LogP contribution in [0.5, 0.6) is 0 Å². The monoisotopic (exact) mass is 308 g/mol. The summed E-state index contributed by atoms with van der Waals surface area (Å²) in [6.45, 7) is 2.09. The predicted molar refractivity (Wildman–Crippen MR) is 90.8 cm³/mol. The Bertz CT molecular complexity index is 746. The first kappa shape index (κ1) is 15.5. The fourth-order valence-electron chi connectivity index (χ4n) is 3.05. The van der Waals surface area contributed by atoms with Crippen molar-refractivity contribution in [2.24, 2.45) is 0 Å². The molecular weight excluding hydrogens is 288 g/mol. The lowest BCUT2D eigenvalue weighted by molar-refractivity contribution is -0.153. The van der Waals surface area contributed by atoms with Crippen LogP contribution in [0.4, 0.5) is 0 Å². The SMILES string of the molecule is COCC(=O)OC1Cc2ccccc2C(C)=Cc2ccccc21. The van der Waals surface area contributed by atoms with Gasteiger partial charge in [-0.2, -0.15) is 0 Å². The van der Waals surface area contributed by atoms with Gasteiger partial charge in [0, 0.05) is 19.1 Å². The summed E-state index contributed by atoms with van der Waals surface area (Å²) in [5.74, 6) is -0.342. The van der Waals surface area contributed by atoms with E-state index >= 15 is 0 Å². The first-order valence-electron chi connectivity index (χ1n) is 7.73. The molecule has 1 aliphatic rings. The van der Waals surface area contributed by atoms with Gasteiger partial charge in [-0.3, -0.25) is 0 Å². The molecular formula is C20H20O3. The molecule has 3 rings (SSSR count). The highest BCUT2D eigenvalue weighted by Gasteiger charge is 2.23. The van der Waals surface area contributed by atoms with Crippen molar-refractivity contribution >= 4 is 17.6 Å². The minimum atomic E-state index is -0.342. The van der Waals surface area contributed by atoms with Crippen LogP contribution in [0.25, 0.3) is 11.6 Å². The molecule has 0 bridgehead atoms. The molecule has 23 heavy (non-hydrogen) atoms. The van der Waals surface area contributed by atoms with Crippen molar-refractivity contribution in [3.63, 3.8) is 0 Å². The molecule has 3 nitrogen and oxygen atoms in total. The molecule has 0 spiro atoms. The highest BCUT2D eigenvalue weighted by molar-refractivity contribution is 5.83. The van der Waals surface area contributed by atoms with E-state index in [1.165, 1.54) is 23.8 Å². The minimum absolute atomic E-state index is 0.0326. The predicted octanol–water partition coefficient (Wildman–Crippen LogP) is 4.03. The van der Waals surface area contributed by atoms with Crippen LogP contribution in [-0.4, -0.2) is 19.7 Å². The molecule has 0 saturated heterocycles. The number of hydrogen-bond donors (Lipinski definition) is 0. The van der Waals surface area contributed by atoms with Gasteiger partial charge in [0.25, 0.3) is 0 Å². The summed E-state index contributed by atoms with van der Waals surface area (Å²) in [5.41, 5.74) is 5.73. The van der Waals surface area contributed by atoms with Crippen molar-refractivity contribution in [2.45, 2.75) is 19.4 Å². The number of methoxy groups -OCH3 is 1. The Morgan fingerprint density at radius 2 is 1.87 bits per heavy atom. The molecule has 1 unspecified atom stereocenters. The second-order valence-corrected chi connectivity index (χ2v) is 5.73. The van der Waals surface area contributed by atoms with Crippen LogP contribution in [0.1, 0.15) is 35.3 Å². The quantitative estimate of drug-likeness (QED) is 0.803. The van der Waals surface area contributed by atoms with Gasteiger partial charge in [-0.05, 0) is 29.2 Å². The van der Waals surface area contributed by atoms with Gasteiger partial charge in [-0.1, -0.05) is 54.6 Å². The first-order valence-corrected chi connectivity index (χ1v) is 7.73. The summed E-state index contributed by atoms with van der Waals surface area (Å²) in [6.07, 6.45) is 2.51. The van der Waals surface area contributed by atoms with E-state index in [4.69, 9.17) is 9.47 Å². The van der Waals surface area contributed by atoms with Crippen molar-refractivity contribution in [2.75, 3.05) is 13.7 Å². The number of allylic oxidation sites excluding steroid dienone is 1. The molecule has 0 aliphatic heterocycles. The van der Waals surface area contributed by atoms with Crippen LogP contribution in [0, 0.1) is 0 Å². The molecule has 1 atom stereocenters. The fourth-order valence-corrected chi connectivity index (χ4v) is 3.05. The first-order chi connectivity index (χ1) is 11.2. The van der Waals surface area contributed by atoms with Gasteiger partial charge < -0.3 is 9.47 Å². The summed E-state index contributed by atoms with van der Waals surface area (Å²) in [5, 5.41) is 0. The van der Waals surface area contributed by atoms with Crippen molar-refractivity contribution in [1.82, 2.24) is 0 Å². The number of hydrogen-bond acceptors (Lipinski definition) is 3. The summed E-state index contributed by atoms with van der Waals surface area (Å²) in [6, 6.07) is 16.3. The molecule has 0 heterocycles. The molecule has 0 radical (unpaired) electrons. The van der Waals surface area contributed by atoms with Crippen LogP contribution in [0.2, 0.25) is 0 Å². The number of fused-ring (bicyclic) bond motifs is 2. The van der Waals surface area contributed by atoms with Gasteiger partial charge in [0.1, 0.15) is 12.7 Å². The van der Waals surface area contributed by atoms with E-state index in [1.54, 1.807) is 0 Å². The number of benzene rings is 2. The van der Waals surface area contributed by atoms with Crippen LogP contribution in [-0.2, 0) is 20.7 Å². The van der Waals surface area contributed by atoms with Gasteiger partial charge in [0.2, 0.25) is 0 Å². The molecule has 0 fully saturated rings. The molecule has 1 aliphatic carbocycles. The maximum absolute atomic E-state index is 11.9. The number of carbonyl (C=O) groups excluding carboxylic acids is 1. The average molecular weight is 308 g/mol. The Kier molecular flexibility index (Phi) is 4.58. The molecule has 0 aromatic heterocycles. The van der Waals surface area contributed by atoms with Gasteiger partial charge in [-0.15, -0.1) is 0 Å². The van der Waals surface area contributed by atoms with E-state index in [0.717, 1.165) is 11.1 Å². The third kappa shape index (κ3) is 3.35. The Hall–Kier alpha value is -2.39. The lowest BCUT2D eigenvalue weighted by atomic mass is 9.88. The second-order valence-electron chi connectivity index (χ2n) is 5.73. The third-order valence-corrected chi connectivity index (χ3v) is 4.10. The number of ether oxygens (including phenoxy) is 2. The molecule has 2 aromatic rings. The molecule has 0 saturated carbocycles. The zero-order valence-electron chi connectivity index (χ0n) is 13.4. The molecule has 118 valence electrons. The Balaban J connectivity index is 2.07. The number of carbonyl (C=O) groups is 1. The van der Waals surface area contributed by atoms with Gasteiger partial charge in [0.05, 0.1) is 0 Å². The fraction of sp³-hybridized carbons (Fsp3) is 0.250. The Morgan fingerprint density at radius 3 is 2.70 bits per heavy atom. The van der Waals surface area contributed by atoms with E-state index in [1.807, 2.05) is 30.3 Å². The zero-order valence-corrected chi connectivity index (χ0v) is 13.4. The van der Waals surface area contributed by atoms with Crippen molar-refractivity contribution in [1.29, 1.82) is 0 Å². The third-order valence-electron chi connectivity index (χ3n) is 4.10. The van der Waals surface area contributed by atoms with E-state index in [-0.39, 0.29) is 18.7 Å². The summed E-state index contributed by atoms with van der Waals surface area (Å²) >= 11 is 0. The van der Waals surface area contributed by atoms with E-state index in [9.17, 15) is 4.79 Å².